The van der Waals surface area contributed by atoms with Gasteiger partial charge >= 0.3 is 5.97 Å². The molecule has 1 heterocycles. The maximum absolute atomic E-state index is 11.5. The molecule has 1 aromatic carbocycles. The lowest BCUT2D eigenvalue weighted by Crippen LogP contribution is -2.26. The summed E-state index contributed by atoms with van der Waals surface area (Å²) in [4.78, 5) is 22.7. The molecule has 1 aliphatic heterocycles. The van der Waals surface area contributed by atoms with Crippen LogP contribution in [-0.2, 0) is 27.4 Å². The molecule has 1 fully saturated rings. The van der Waals surface area contributed by atoms with Gasteiger partial charge in [-0.2, -0.15) is 0 Å². The van der Waals surface area contributed by atoms with Gasteiger partial charge in [0.1, 0.15) is 6.61 Å². The highest BCUT2D eigenvalue weighted by Gasteiger charge is 2.21. The van der Waals surface area contributed by atoms with Gasteiger partial charge < -0.3 is 15.4 Å². The first-order chi connectivity index (χ1) is 9.20. The van der Waals surface area contributed by atoms with Gasteiger partial charge in [-0.3, -0.25) is 9.59 Å². The molecule has 1 saturated carbocycles. The van der Waals surface area contributed by atoms with Crippen LogP contribution in [0.2, 0.25) is 0 Å². The number of rotatable bonds is 5. The van der Waals surface area contributed by atoms with E-state index in [-0.39, 0.29) is 25.0 Å². The van der Waals surface area contributed by atoms with Gasteiger partial charge in [0, 0.05) is 11.7 Å². The Bertz CT molecular complexity index is 523. The second-order valence-electron chi connectivity index (χ2n) is 5.03. The molecule has 0 bridgehead atoms. The smallest absolute Gasteiger partial charge is 0.320 e. The van der Waals surface area contributed by atoms with Crippen LogP contribution in [0.3, 0.4) is 0 Å². The van der Waals surface area contributed by atoms with Crippen LogP contribution in [0.25, 0.3) is 0 Å². The lowest BCUT2D eigenvalue weighted by Gasteiger charge is -2.07. The summed E-state index contributed by atoms with van der Waals surface area (Å²) in [7, 11) is 0. The first-order valence-electron chi connectivity index (χ1n) is 6.51. The number of fused-ring (bicyclic) bond motifs is 1. The Balaban J connectivity index is 1.51. The quantitative estimate of drug-likeness (QED) is 0.774. The Hall–Kier alpha value is -1.88. The van der Waals surface area contributed by atoms with E-state index in [2.05, 4.69) is 10.6 Å². The van der Waals surface area contributed by atoms with Gasteiger partial charge in [-0.25, -0.2) is 0 Å². The van der Waals surface area contributed by atoms with E-state index >= 15 is 0 Å². The van der Waals surface area contributed by atoms with Gasteiger partial charge in [0.25, 0.3) is 0 Å². The second kappa shape index (κ2) is 5.01. The van der Waals surface area contributed by atoms with Crippen molar-refractivity contribution >= 4 is 17.6 Å². The van der Waals surface area contributed by atoms with Gasteiger partial charge in [-0.1, -0.05) is 6.07 Å². The van der Waals surface area contributed by atoms with E-state index in [4.69, 9.17) is 4.74 Å². The fourth-order valence-electron chi connectivity index (χ4n) is 2.10. The molecule has 1 aliphatic carbocycles. The molecule has 1 amide bonds. The predicted molar refractivity (Wildman–Crippen MR) is 69.6 cm³/mol. The van der Waals surface area contributed by atoms with Crippen molar-refractivity contribution in [1.82, 2.24) is 5.32 Å². The number of amides is 1. The van der Waals surface area contributed by atoms with Gasteiger partial charge in [-0.05, 0) is 36.1 Å². The maximum Gasteiger partial charge on any atom is 0.320 e. The minimum absolute atomic E-state index is 0.0118. The molecular weight excluding hydrogens is 244 g/mol. The highest BCUT2D eigenvalue weighted by atomic mass is 16.5. The van der Waals surface area contributed by atoms with Crippen LogP contribution in [0.5, 0.6) is 0 Å². The number of carbonyl (C=O) groups excluding carboxylic acids is 2. The molecular formula is C14H16N2O3. The number of hydrogen-bond acceptors (Lipinski definition) is 4. The molecule has 0 radical (unpaired) electrons. The van der Waals surface area contributed by atoms with E-state index in [1.165, 1.54) is 0 Å². The number of hydrogen-bond donors (Lipinski definition) is 2. The van der Waals surface area contributed by atoms with Crippen LogP contribution in [0.15, 0.2) is 18.2 Å². The van der Waals surface area contributed by atoms with Crippen molar-refractivity contribution in [2.75, 3.05) is 11.9 Å². The fourth-order valence-corrected chi connectivity index (χ4v) is 2.10. The van der Waals surface area contributed by atoms with Crippen LogP contribution in [0.1, 0.15) is 24.0 Å². The Labute approximate surface area is 111 Å². The second-order valence-corrected chi connectivity index (χ2v) is 5.03. The molecule has 3 rings (SSSR count). The largest absolute Gasteiger partial charge is 0.460 e. The van der Waals surface area contributed by atoms with Gasteiger partial charge in [0.2, 0.25) is 5.91 Å². The molecule has 0 unspecified atom stereocenters. The number of ether oxygens (including phenoxy) is 1. The Kier molecular flexibility index (Phi) is 3.21. The average molecular weight is 260 g/mol. The van der Waals surface area contributed by atoms with E-state index in [1.807, 2.05) is 18.2 Å². The third kappa shape index (κ3) is 3.12. The first kappa shape index (κ1) is 12.2. The Morgan fingerprint density at radius 1 is 1.42 bits per heavy atom. The molecule has 2 aliphatic rings. The summed E-state index contributed by atoms with van der Waals surface area (Å²) in [5.41, 5.74) is 2.74. The summed E-state index contributed by atoms with van der Waals surface area (Å²) >= 11 is 0. The van der Waals surface area contributed by atoms with Crippen LogP contribution < -0.4 is 10.6 Å². The molecule has 0 aromatic heterocycles. The monoisotopic (exact) mass is 260 g/mol. The third-order valence-electron chi connectivity index (χ3n) is 3.31. The van der Waals surface area contributed by atoms with Gasteiger partial charge in [0.05, 0.1) is 13.0 Å². The van der Waals surface area contributed by atoms with Crippen LogP contribution in [0.4, 0.5) is 5.69 Å². The van der Waals surface area contributed by atoms with Gasteiger partial charge in [0.15, 0.2) is 0 Å². The SMILES string of the molecule is O=C1Cc2cc(COC(=O)CNC3CC3)ccc2N1. The third-order valence-corrected chi connectivity index (χ3v) is 3.31. The molecule has 1 aromatic rings. The Morgan fingerprint density at radius 3 is 3.05 bits per heavy atom. The molecule has 0 saturated heterocycles. The highest BCUT2D eigenvalue weighted by molar-refractivity contribution is 5.99. The lowest BCUT2D eigenvalue weighted by atomic mass is 10.1. The maximum atomic E-state index is 11.5. The predicted octanol–water partition coefficient (Wildman–Crippen LogP) is 0.976. The van der Waals surface area contributed by atoms with E-state index in [1.54, 1.807) is 0 Å². The topological polar surface area (TPSA) is 67.4 Å². The number of esters is 1. The molecule has 2 N–H and O–H groups in total. The van der Waals surface area contributed by atoms with E-state index < -0.39 is 0 Å². The summed E-state index contributed by atoms with van der Waals surface area (Å²) in [5, 5.41) is 5.88. The van der Waals surface area contributed by atoms with E-state index in [0.29, 0.717) is 12.5 Å². The van der Waals surface area contributed by atoms with E-state index in [0.717, 1.165) is 29.7 Å². The summed E-state index contributed by atoms with van der Waals surface area (Å²) in [6.45, 7) is 0.530. The molecule has 5 nitrogen and oxygen atoms in total. The van der Waals surface area contributed by atoms with Crippen molar-refractivity contribution in [3.63, 3.8) is 0 Å². The van der Waals surface area contributed by atoms with Crippen LogP contribution in [-0.4, -0.2) is 24.5 Å². The number of carbonyl (C=O) groups is 2. The zero-order valence-corrected chi connectivity index (χ0v) is 10.6. The molecule has 5 heteroatoms. The molecule has 19 heavy (non-hydrogen) atoms. The summed E-state index contributed by atoms with van der Waals surface area (Å²) in [6.07, 6.45) is 2.71. The summed E-state index contributed by atoms with van der Waals surface area (Å²) in [6, 6.07) is 6.14. The van der Waals surface area contributed by atoms with Crippen molar-refractivity contribution in [3.05, 3.63) is 29.3 Å². The zero-order chi connectivity index (χ0) is 13.2. The van der Waals surface area contributed by atoms with Crippen molar-refractivity contribution in [2.45, 2.75) is 31.9 Å². The van der Waals surface area contributed by atoms with Crippen molar-refractivity contribution in [2.24, 2.45) is 0 Å². The van der Waals surface area contributed by atoms with E-state index in [9.17, 15) is 9.59 Å². The van der Waals surface area contributed by atoms with Crippen LogP contribution in [0, 0.1) is 0 Å². The van der Waals surface area contributed by atoms with Crippen molar-refractivity contribution < 1.29 is 14.3 Å². The van der Waals surface area contributed by atoms with Crippen LogP contribution >= 0.6 is 0 Å². The normalized spacial score (nSPS) is 16.9. The summed E-state index contributed by atoms with van der Waals surface area (Å²) in [5.74, 6) is -0.223. The zero-order valence-electron chi connectivity index (χ0n) is 10.6. The minimum atomic E-state index is -0.235. The Morgan fingerprint density at radius 2 is 2.26 bits per heavy atom. The average Bonchev–Trinajstić information content (AvgIpc) is 3.14. The number of benzene rings is 1. The fraction of sp³-hybridized carbons (Fsp3) is 0.429. The minimum Gasteiger partial charge on any atom is -0.460 e. The van der Waals surface area contributed by atoms with Gasteiger partial charge in [-0.15, -0.1) is 0 Å². The van der Waals surface area contributed by atoms with Crippen molar-refractivity contribution in [1.29, 1.82) is 0 Å². The molecule has 0 spiro atoms. The van der Waals surface area contributed by atoms with Crippen molar-refractivity contribution in [3.8, 4) is 0 Å². The lowest BCUT2D eigenvalue weighted by molar-refractivity contribution is -0.143. The number of anilines is 1. The molecule has 100 valence electrons. The summed E-state index contributed by atoms with van der Waals surface area (Å²) < 4.78 is 5.19. The number of nitrogens with one attached hydrogen (secondary N) is 2. The molecule has 0 atom stereocenters. The first-order valence-corrected chi connectivity index (χ1v) is 6.51. The highest BCUT2D eigenvalue weighted by Crippen LogP contribution is 2.24. The standard InChI is InChI=1S/C14H16N2O3/c17-13-6-10-5-9(1-4-12(10)16-13)8-19-14(18)7-15-11-2-3-11/h1,4-5,11,15H,2-3,6-8H2,(H,16,17).